The number of hydrogen-bond acceptors (Lipinski definition) is 3. The minimum Gasteiger partial charge on any atom is -0.399 e. The van der Waals surface area contributed by atoms with Crippen LogP contribution < -0.4 is 0 Å². The highest BCUT2D eigenvalue weighted by atomic mass is 32.1. The smallest absolute Gasteiger partial charge is 0.186 e. The zero-order valence-electron chi connectivity index (χ0n) is 8.37. The van der Waals surface area contributed by atoms with Crippen molar-refractivity contribution in [2.24, 2.45) is 0 Å². The van der Waals surface area contributed by atoms with Gasteiger partial charge in [-0.2, -0.15) is 9.65 Å². The molecule has 2 nitrogen and oxygen atoms in total. The highest BCUT2D eigenvalue weighted by Gasteiger charge is 2.22. The Kier molecular flexibility index (Phi) is 3.42. The Hall–Kier alpha value is -0.703. The van der Waals surface area contributed by atoms with Gasteiger partial charge in [-0.25, -0.2) is 0 Å². The Morgan fingerprint density at radius 2 is 2.21 bits per heavy atom. The average Bonchev–Trinajstić information content (AvgIpc) is 2.46. The fraction of sp³-hybridized carbons (Fsp3) is 0.444. The van der Waals surface area contributed by atoms with E-state index in [4.69, 9.17) is 9.69 Å². The summed E-state index contributed by atoms with van der Waals surface area (Å²) in [5.74, 6) is 0. The van der Waals surface area contributed by atoms with Crippen molar-refractivity contribution in [2.45, 2.75) is 25.7 Å². The first-order valence-corrected chi connectivity index (χ1v) is 8.52. The van der Waals surface area contributed by atoms with E-state index in [1.807, 2.05) is 25.7 Å². The van der Waals surface area contributed by atoms with E-state index in [2.05, 4.69) is 0 Å². The molecule has 1 aromatic rings. The molecule has 0 aliphatic rings. The average molecular weight is 229 g/mol. The molecule has 0 aromatic carbocycles. The number of hydrogen-bond donors (Lipinski definition) is 0. The highest BCUT2D eigenvalue weighted by molar-refractivity contribution is 7.08. The monoisotopic (exact) mass is 229 g/mol. The number of halogens is 1. The van der Waals surface area contributed by atoms with Crippen molar-refractivity contribution in [2.75, 3.05) is 0 Å². The normalized spacial score (nSPS) is 13.6. The molecule has 1 aromatic heterocycles. The Balaban J connectivity index is 2.79. The van der Waals surface area contributed by atoms with Crippen molar-refractivity contribution in [1.29, 1.82) is 5.26 Å². The van der Waals surface area contributed by atoms with Gasteiger partial charge in [-0.1, -0.05) is 0 Å². The standard InChI is InChI=1S/C9H12FNOSSi/c1-14(2,3)12-8(5-11)7-4-9(10)13-6-7/h4,6,8H,1-3H3. The van der Waals surface area contributed by atoms with Crippen LogP contribution in [-0.4, -0.2) is 8.32 Å². The first-order valence-electron chi connectivity index (χ1n) is 4.24. The molecule has 1 atom stereocenters. The van der Waals surface area contributed by atoms with Crippen LogP contribution in [0.3, 0.4) is 0 Å². The molecule has 0 saturated carbocycles. The SMILES string of the molecule is C[Si](C)(C)OC(C#N)c1csc(F)c1. The van der Waals surface area contributed by atoms with Crippen LogP contribution in [0.15, 0.2) is 11.4 Å². The predicted molar refractivity (Wildman–Crippen MR) is 57.1 cm³/mol. The van der Waals surface area contributed by atoms with Crippen LogP contribution in [0.4, 0.5) is 4.39 Å². The molecule has 0 bridgehead atoms. The Morgan fingerprint density at radius 3 is 2.57 bits per heavy atom. The van der Waals surface area contributed by atoms with Crippen LogP contribution in [0.5, 0.6) is 0 Å². The van der Waals surface area contributed by atoms with Gasteiger partial charge in [0.2, 0.25) is 0 Å². The maximum absolute atomic E-state index is 12.7. The highest BCUT2D eigenvalue weighted by Crippen LogP contribution is 2.25. The lowest BCUT2D eigenvalue weighted by molar-refractivity contribution is 0.255. The largest absolute Gasteiger partial charge is 0.399 e. The van der Waals surface area contributed by atoms with E-state index >= 15 is 0 Å². The van der Waals surface area contributed by atoms with E-state index in [0.29, 0.717) is 5.56 Å². The topological polar surface area (TPSA) is 33.0 Å². The summed E-state index contributed by atoms with van der Waals surface area (Å²) in [6.07, 6.45) is -0.623. The van der Waals surface area contributed by atoms with Crippen molar-refractivity contribution in [3.8, 4) is 6.07 Å². The first kappa shape index (κ1) is 11.4. The second-order valence-corrected chi connectivity index (χ2v) is 9.25. The van der Waals surface area contributed by atoms with E-state index in [9.17, 15) is 4.39 Å². The predicted octanol–water partition coefficient (Wildman–Crippen LogP) is 3.30. The second kappa shape index (κ2) is 4.21. The fourth-order valence-corrected chi connectivity index (χ4v) is 2.52. The third-order valence-corrected chi connectivity index (χ3v) is 3.15. The summed E-state index contributed by atoms with van der Waals surface area (Å²) in [5, 5.41) is 10.2. The molecule has 1 heterocycles. The lowest BCUT2D eigenvalue weighted by Crippen LogP contribution is -2.27. The number of thiophene rings is 1. The van der Waals surface area contributed by atoms with Gasteiger partial charge < -0.3 is 4.43 Å². The van der Waals surface area contributed by atoms with Gasteiger partial charge in [0.15, 0.2) is 19.6 Å². The lowest BCUT2D eigenvalue weighted by Gasteiger charge is -2.20. The van der Waals surface area contributed by atoms with Crippen LogP contribution >= 0.6 is 11.3 Å². The van der Waals surface area contributed by atoms with Crippen molar-refractivity contribution in [1.82, 2.24) is 0 Å². The van der Waals surface area contributed by atoms with E-state index in [-0.39, 0.29) is 5.13 Å². The lowest BCUT2D eigenvalue weighted by atomic mass is 10.2. The molecule has 5 heteroatoms. The molecule has 0 amide bonds. The van der Waals surface area contributed by atoms with Crippen LogP contribution in [0.25, 0.3) is 0 Å². The van der Waals surface area contributed by atoms with Crippen molar-refractivity contribution < 1.29 is 8.82 Å². The third kappa shape index (κ3) is 3.22. The van der Waals surface area contributed by atoms with Gasteiger partial charge in [-0.05, 0) is 25.7 Å². The molecule has 14 heavy (non-hydrogen) atoms. The van der Waals surface area contributed by atoms with Crippen molar-refractivity contribution >= 4 is 19.7 Å². The molecule has 0 saturated heterocycles. The molecule has 0 fully saturated rings. The fourth-order valence-electron chi connectivity index (χ4n) is 0.983. The van der Waals surface area contributed by atoms with Crippen LogP contribution in [0.1, 0.15) is 11.7 Å². The van der Waals surface area contributed by atoms with E-state index in [1.54, 1.807) is 5.38 Å². The van der Waals surface area contributed by atoms with E-state index in [0.717, 1.165) is 11.3 Å². The number of nitrogens with zero attached hydrogens (tertiary/aromatic N) is 1. The maximum atomic E-state index is 12.7. The molecule has 0 aliphatic heterocycles. The second-order valence-electron chi connectivity index (χ2n) is 3.92. The third-order valence-electron chi connectivity index (χ3n) is 1.48. The summed E-state index contributed by atoms with van der Waals surface area (Å²) in [5.41, 5.74) is 0.623. The first-order chi connectivity index (χ1) is 6.42. The molecule has 0 spiro atoms. The number of nitriles is 1. The minimum absolute atomic E-state index is 0.278. The van der Waals surface area contributed by atoms with Gasteiger partial charge in [-0.3, -0.25) is 0 Å². The van der Waals surface area contributed by atoms with Gasteiger partial charge in [0.25, 0.3) is 0 Å². The van der Waals surface area contributed by atoms with Crippen molar-refractivity contribution in [3.05, 3.63) is 22.1 Å². The summed E-state index contributed by atoms with van der Waals surface area (Å²) < 4.78 is 18.3. The number of rotatable bonds is 3. The maximum Gasteiger partial charge on any atom is 0.186 e. The zero-order chi connectivity index (χ0) is 10.8. The van der Waals surface area contributed by atoms with E-state index in [1.165, 1.54) is 6.07 Å². The van der Waals surface area contributed by atoms with Gasteiger partial charge in [0.1, 0.15) is 0 Å². The summed E-state index contributed by atoms with van der Waals surface area (Å²) in [6.45, 7) is 6.00. The van der Waals surface area contributed by atoms with Crippen LogP contribution in [-0.2, 0) is 4.43 Å². The summed E-state index contributed by atoms with van der Waals surface area (Å²) in [7, 11) is -1.76. The van der Waals surface area contributed by atoms with Gasteiger partial charge in [-0.15, -0.1) is 11.3 Å². The van der Waals surface area contributed by atoms with Crippen LogP contribution in [0.2, 0.25) is 19.6 Å². The molecular weight excluding hydrogens is 217 g/mol. The Labute approximate surface area is 88.1 Å². The quantitative estimate of drug-likeness (QED) is 0.745. The molecule has 0 radical (unpaired) electrons. The van der Waals surface area contributed by atoms with Gasteiger partial charge >= 0.3 is 0 Å². The van der Waals surface area contributed by atoms with Crippen LogP contribution in [0, 0.1) is 16.5 Å². The summed E-state index contributed by atoms with van der Waals surface area (Å²) in [6, 6.07) is 3.40. The molecular formula is C9H12FNOSSi. The molecule has 76 valence electrons. The summed E-state index contributed by atoms with van der Waals surface area (Å²) >= 11 is 0.992. The van der Waals surface area contributed by atoms with Gasteiger partial charge in [0, 0.05) is 10.9 Å². The molecule has 1 unspecified atom stereocenters. The van der Waals surface area contributed by atoms with Gasteiger partial charge in [0.05, 0.1) is 6.07 Å². The van der Waals surface area contributed by atoms with Crippen molar-refractivity contribution in [3.63, 3.8) is 0 Å². The Bertz CT molecular complexity index is 352. The Morgan fingerprint density at radius 1 is 1.57 bits per heavy atom. The van der Waals surface area contributed by atoms with E-state index < -0.39 is 14.4 Å². The molecule has 0 N–H and O–H groups in total. The minimum atomic E-state index is -1.76. The summed E-state index contributed by atoms with van der Waals surface area (Å²) in [4.78, 5) is 0. The molecule has 0 aliphatic carbocycles. The zero-order valence-corrected chi connectivity index (χ0v) is 10.2. The molecule has 1 rings (SSSR count).